The molecule has 1 aliphatic rings. The molecule has 1 heterocycles. The summed E-state index contributed by atoms with van der Waals surface area (Å²) in [7, 11) is 0. The molecule has 1 aliphatic heterocycles. The van der Waals surface area contributed by atoms with Crippen LogP contribution < -0.4 is 5.73 Å². The number of carbonyl (C=O) groups is 1. The molecule has 2 aromatic carbocycles. The second kappa shape index (κ2) is 8.28. The molecule has 0 radical (unpaired) electrons. The molecule has 0 aliphatic carbocycles. The minimum absolute atomic E-state index is 0. The fourth-order valence-electron chi connectivity index (χ4n) is 3.44. The molecular weight excluding hydrogens is 311 g/mol. The summed E-state index contributed by atoms with van der Waals surface area (Å²) in [6.45, 7) is 1.43. The van der Waals surface area contributed by atoms with Crippen LogP contribution in [0.15, 0.2) is 60.7 Å². The van der Waals surface area contributed by atoms with Gasteiger partial charge in [0.25, 0.3) is 0 Å². The van der Waals surface area contributed by atoms with Gasteiger partial charge in [0, 0.05) is 13.1 Å². The predicted octanol–water partition coefficient (Wildman–Crippen LogP) is 1.94. The standard InChI is InChI=1S/C19H22N2O2.Na.H/c20-17-13-19(18(22)23,16-9-5-2-6-10-16)11-12-21(17)14-15-7-3-1-4-8-15;;/h1-10,17H,11-14,20H2,(H,22,23);;. The average molecular weight is 334 g/mol. The molecule has 5 heteroatoms. The Bertz CT molecular complexity index is 666. The second-order valence-corrected chi connectivity index (χ2v) is 6.23. The normalized spacial score (nSPS) is 24.1. The third-order valence-electron chi connectivity index (χ3n) is 4.82. The number of hydrogen-bond acceptors (Lipinski definition) is 3. The van der Waals surface area contributed by atoms with Gasteiger partial charge in [0.05, 0.1) is 11.6 Å². The van der Waals surface area contributed by atoms with E-state index >= 15 is 0 Å². The number of likely N-dealkylation sites (tertiary alicyclic amines) is 1. The molecule has 4 nitrogen and oxygen atoms in total. The molecule has 3 N–H and O–H groups in total. The van der Waals surface area contributed by atoms with Crippen LogP contribution in [0, 0.1) is 0 Å². The SMILES string of the molecule is NC1CC(C(=O)O)(c2ccccc2)CCN1Cc1ccccc1.[NaH]. The third-order valence-corrected chi connectivity index (χ3v) is 4.82. The van der Waals surface area contributed by atoms with Crippen molar-refractivity contribution in [2.24, 2.45) is 5.73 Å². The number of nitrogens with two attached hydrogens (primary N) is 1. The zero-order valence-corrected chi connectivity index (χ0v) is 13.1. The first-order valence-corrected chi connectivity index (χ1v) is 7.94. The molecule has 3 rings (SSSR count). The maximum atomic E-state index is 12.0. The monoisotopic (exact) mass is 334 g/mol. The molecule has 1 saturated heterocycles. The van der Waals surface area contributed by atoms with Crippen LogP contribution in [0.25, 0.3) is 0 Å². The van der Waals surface area contributed by atoms with Crippen molar-refractivity contribution in [3.05, 3.63) is 71.8 Å². The van der Waals surface area contributed by atoms with Gasteiger partial charge in [-0.2, -0.15) is 0 Å². The van der Waals surface area contributed by atoms with Crippen LogP contribution in [-0.2, 0) is 16.8 Å². The fourth-order valence-corrected chi connectivity index (χ4v) is 3.44. The number of hydrogen-bond donors (Lipinski definition) is 2. The topological polar surface area (TPSA) is 66.6 Å². The number of carboxylic acids is 1. The zero-order chi connectivity index (χ0) is 16.3. The number of aliphatic carboxylic acids is 1. The van der Waals surface area contributed by atoms with E-state index in [0.29, 0.717) is 19.4 Å². The zero-order valence-electron chi connectivity index (χ0n) is 13.1. The van der Waals surface area contributed by atoms with Crippen LogP contribution in [-0.4, -0.2) is 58.2 Å². The molecule has 24 heavy (non-hydrogen) atoms. The fraction of sp³-hybridized carbons (Fsp3) is 0.316. The van der Waals surface area contributed by atoms with Gasteiger partial charge in [0.2, 0.25) is 0 Å². The van der Waals surface area contributed by atoms with Crippen LogP contribution in [0.2, 0.25) is 0 Å². The molecule has 2 unspecified atom stereocenters. The van der Waals surface area contributed by atoms with Gasteiger partial charge in [-0.1, -0.05) is 60.7 Å². The quantitative estimate of drug-likeness (QED) is 0.839. The summed E-state index contributed by atoms with van der Waals surface area (Å²) in [6, 6.07) is 19.6. The molecule has 1 fully saturated rings. The predicted molar refractivity (Wildman–Crippen MR) is 97.0 cm³/mol. The summed E-state index contributed by atoms with van der Waals surface area (Å²) < 4.78 is 0. The van der Waals surface area contributed by atoms with Crippen LogP contribution in [0.3, 0.4) is 0 Å². The molecule has 2 atom stereocenters. The van der Waals surface area contributed by atoms with E-state index in [-0.39, 0.29) is 35.7 Å². The summed E-state index contributed by atoms with van der Waals surface area (Å²) in [5.74, 6) is -0.779. The van der Waals surface area contributed by atoms with E-state index in [1.54, 1.807) is 0 Å². The van der Waals surface area contributed by atoms with Gasteiger partial charge in [-0.15, -0.1) is 0 Å². The molecular formula is C19H23N2NaO2. The Balaban J connectivity index is 0.00000208. The van der Waals surface area contributed by atoms with Gasteiger partial charge in [0.15, 0.2) is 0 Å². The number of benzene rings is 2. The number of piperidine rings is 1. The molecule has 2 aromatic rings. The summed E-state index contributed by atoms with van der Waals surface area (Å²) in [4.78, 5) is 14.2. The molecule has 0 saturated carbocycles. The average Bonchev–Trinajstić information content (AvgIpc) is 2.58. The number of carboxylic acid groups (broad SMARTS) is 1. The van der Waals surface area contributed by atoms with E-state index in [4.69, 9.17) is 5.73 Å². The Morgan fingerprint density at radius 1 is 1.12 bits per heavy atom. The van der Waals surface area contributed by atoms with Crippen molar-refractivity contribution in [1.29, 1.82) is 0 Å². The first-order chi connectivity index (χ1) is 11.1. The number of rotatable bonds is 4. The Kier molecular flexibility index (Phi) is 6.61. The summed E-state index contributed by atoms with van der Waals surface area (Å²) in [6.07, 6.45) is 0.742. The van der Waals surface area contributed by atoms with Crippen molar-refractivity contribution in [2.75, 3.05) is 6.54 Å². The van der Waals surface area contributed by atoms with E-state index in [9.17, 15) is 9.90 Å². The van der Waals surface area contributed by atoms with Crippen molar-refractivity contribution >= 4 is 35.5 Å². The molecule has 0 amide bonds. The molecule has 122 valence electrons. The van der Waals surface area contributed by atoms with Crippen molar-refractivity contribution < 1.29 is 9.90 Å². The van der Waals surface area contributed by atoms with Crippen LogP contribution in [0.1, 0.15) is 24.0 Å². The second-order valence-electron chi connectivity index (χ2n) is 6.23. The van der Waals surface area contributed by atoms with Crippen LogP contribution in [0.5, 0.6) is 0 Å². The van der Waals surface area contributed by atoms with Gasteiger partial charge < -0.3 is 10.8 Å². The Morgan fingerprint density at radius 3 is 2.25 bits per heavy atom. The first-order valence-electron chi connectivity index (χ1n) is 7.94. The van der Waals surface area contributed by atoms with E-state index < -0.39 is 11.4 Å². The maximum absolute atomic E-state index is 12.0. The Labute approximate surface area is 165 Å². The molecule has 0 bridgehead atoms. The summed E-state index contributed by atoms with van der Waals surface area (Å²) >= 11 is 0. The van der Waals surface area contributed by atoms with Gasteiger partial charge in [0.1, 0.15) is 0 Å². The van der Waals surface area contributed by atoms with Crippen molar-refractivity contribution in [2.45, 2.75) is 31.0 Å². The summed E-state index contributed by atoms with van der Waals surface area (Å²) in [5, 5.41) is 9.86. The Morgan fingerprint density at radius 2 is 1.71 bits per heavy atom. The van der Waals surface area contributed by atoms with Crippen molar-refractivity contribution in [3.63, 3.8) is 0 Å². The minimum atomic E-state index is -0.881. The van der Waals surface area contributed by atoms with E-state index in [2.05, 4.69) is 17.0 Å². The van der Waals surface area contributed by atoms with Gasteiger partial charge in [-0.3, -0.25) is 9.69 Å². The molecule has 0 aromatic heterocycles. The van der Waals surface area contributed by atoms with Crippen LogP contribution in [0.4, 0.5) is 0 Å². The van der Waals surface area contributed by atoms with Crippen molar-refractivity contribution in [1.82, 2.24) is 4.90 Å². The van der Waals surface area contributed by atoms with Gasteiger partial charge in [-0.05, 0) is 24.0 Å². The number of nitrogens with zero attached hydrogens (tertiary/aromatic N) is 1. The van der Waals surface area contributed by atoms with E-state index in [0.717, 1.165) is 12.1 Å². The van der Waals surface area contributed by atoms with Crippen LogP contribution >= 0.6 is 0 Å². The van der Waals surface area contributed by atoms with Crippen molar-refractivity contribution in [3.8, 4) is 0 Å². The van der Waals surface area contributed by atoms with E-state index in [1.807, 2.05) is 48.5 Å². The van der Waals surface area contributed by atoms with Gasteiger partial charge in [-0.25, -0.2) is 0 Å². The van der Waals surface area contributed by atoms with Gasteiger partial charge >= 0.3 is 35.5 Å². The first kappa shape index (κ1) is 19.2. The third kappa shape index (κ3) is 3.90. The van der Waals surface area contributed by atoms with E-state index in [1.165, 1.54) is 5.56 Å². The molecule has 0 spiro atoms. The summed E-state index contributed by atoms with van der Waals surface area (Å²) in [5.41, 5.74) is 7.51. The Hall–Kier alpha value is -1.17.